The summed E-state index contributed by atoms with van der Waals surface area (Å²) in [6.45, 7) is 6.17. The van der Waals surface area contributed by atoms with Gasteiger partial charge < -0.3 is 5.32 Å². The minimum Gasteiger partial charge on any atom is -0.313 e. The van der Waals surface area contributed by atoms with Gasteiger partial charge in [-0.25, -0.2) is 0 Å². The van der Waals surface area contributed by atoms with Crippen molar-refractivity contribution in [2.75, 3.05) is 6.54 Å². The molecule has 2 fully saturated rings. The third-order valence-corrected chi connectivity index (χ3v) is 4.89. The molecule has 0 amide bonds. The molecule has 1 nitrogen and oxygen atoms in total. The Bertz CT molecular complexity index is 205. The van der Waals surface area contributed by atoms with Crippen molar-refractivity contribution in [1.82, 2.24) is 5.32 Å². The molecule has 0 spiro atoms. The number of hydrogen-bond acceptors (Lipinski definition) is 1. The van der Waals surface area contributed by atoms with Crippen molar-refractivity contribution >= 4 is 0 Å². The van der Waals surface area contributed by atoms with Crippen LogP contribution in [0.5, 0.6) is 0 Å². The van der Waals surface area contributed by atoms with Crippen LogP contribution in [0.15, 0.2) is 0 Å². The van der Waals surface area contributed by atoms with Crippen LogP contribution in [0.1, 0.15) is 71.6 Å². The van der Waals surface area contributed by atoms with E-state index in [9.17, 15) is 0 Å². The van der Waals surface area contributed by atoms with Crippen LogP contribution in [-0.2, 0) is 0 Å². The average molecular weight is 223 g/mol. The third-order valence-electron chi connectivity index (χ3n) is 4.89. The normalized spacial score (nSPS) is 34.9. The molecule has 2 atom stereocenters. The summed E-state index contributed by atoms with van der Waals surface area (Å²) < 4.78 is 0. The Morgan fingerprint density at radius 1 is 1.00 bits per heavy atom. The van der Waals surface area contributed by atoms with Gasteiger partial charge in [0.2, 0.25) is 0 Å². The molecule has 16 heavy (non-hydrogen) atoms. The molecule has 0 saturated heterocycles. The lowest BCUT2D eigenvalue weighted by atomic mass is 9.88. The van der Waals surface area contributed by atoms with E-state index in [1.54, 1.807) is 0 Å². The molecule has 0 aromatic heterocycles. The molecule has 1 N–H and O–H groups in total. The van der Waals surface area contributed by atoms with Gasteiger partial charge in [0.05, 0.1) is 0 Å². The Morgan fingerprint density at radius 3 is 2.50 bits per heavy atom. The first-order valence-corrected chi connectivity index (χ1v) is 7.41. The van der Waals surface area contributed by atoms with Gasteiger partial charge >= 0.3 is 0 Å². The first-order chi connectivity index (χ1) is 7.68. The molecule has 0 radical (unpaired) electrons. The van der Waals surface area contributed by atoms with E-state index in [4.69, 9.17) is 0 Å². The maximum Gasteiger partial charge on any atom is 0.00673 e. The molecule has 2 rings (SSSR count). The number of hydrogen-bond donors (Lipinski definition) is 1. The summed E-state index contributed by atoms with van der Waals surface area (Å²) in [5.41, 5.74) is 0.623. The summed E-state index contributed by atoms with van der Waals surface area (Å²) in [5, 5.41) is 3.86. The first-order valence-electron chi connectivity index (χ1n) is 7.41. The van der Waals surface area contributed by atoms with Crippen molar-refractivity contribution < 1.29 is 0 Å². The van der Waals surface area contributed by atoms with Gasteiger partial charge in [0.15, 0.2) is 0 Å². The molecule has 2 aliphatic rings. The van der Waals surface area contributed by atoms with Crippen molar-refractivity contribution in [2.45, 2.75) is 77.7 Å². The molecule has 0 heterocycles. The van der Waals surface area contributed by atoms with E-state index in [-0.39, 0.29) is 0 Å². The highest BCUT2D eigenvalue weighted by Crippen LogP contribution is 2.37. The Labute approximate surface area is 101 Å². The van der Waals surface area contributed by atoms with Crippen molar-refractivity contribution in [3.8, 4) is 0 Å². The van der Waals surface area contributed by atoms with Crippen molar-refractivity contribution in [3.63, 3.8) is 0 Å². The molecule has 94 valence electrons. The van der Waals surface area contributed by atoms with Crippen LogP contribution in [0.4, 0.5) is 0 Å². The zero-order valence-electron chi connectivity index (χ0n) is 11.2. The van der Waals surface area contributed by atoms with Crippen molar-refractivity contribution in [1.29, 1.82) is 0 Å². The Balaban J connectivity index is 1.72. The van der Waals surface area contributed by atoms with Crippen LogP contribution in [0.3, 0.4) is 0 Å². The van der Waals surface area contributed by atoms with Crippen LogP contribution in [0, 0.1) is 11.3 Å². The summed E-state index contributed by atoms with van der Waals surface area (Å²) in [6, 6.07) is 0.822. The average Bonchev–Trinajstić information content (AvgIpc) is 2.58. The first kappa shape index (κ1) is 12.4. The van der Waals surface area contributed by atoms with Gasteiger partial charge in [-0.1, -0.05) is 39.5 Å². The third kappa shape index (κ3) is 3.48. The standard InChI is InChI=1S/C15H29N/c1-13-6-5-7-14(9-8-13)16-12-15(2)10-3-4-11-15/h13-14,16H,3-12H2,1-2H3. The molecule has 2 saturated carbocycles. The maximum absolute atomic E-state index is 3.86. The van der Waals surface area contributed by atoms with Gasteiger partial charge in [0.25, 0.3) is 0 Å². The predicted octanol–water partition coefficient (Wildman–Crippen LogP) is 4.13. The number of nitrogens with one attached hydrogen (secondary N) is 1. The lowest BCUT2D eigenvalue weighted by molar-refractivity contribution is 0.288. The van der Waals surface area contributed by atoms with Crippen molar-refractivity contribution in [3.05, 3.63) is 0 Å². The second kappa shape index (κ2) is 5.53. The van der Waals surface area contributed by atoms with E-state index in [1.807, 2.05) is 0 Å². The van der Waals surface area contributed by atoms with Gasteiger partial charge in [-0.05, 0) is 43.4 Å². The second-order valence-electron chi connectivity index (χ2n) is 6.71. The van der Waals surface area contributed by atoms with Gasteiger partial charge in [0.1, 0.15) is 0 Å². The Kier molecular flexibility index (Phi) is 4.29. The maximum atomic E-state index is 3.86. The largest absolute Gasteiger partial charge is 0.313 e. The van der Waals surface area contributed by atoms with Crippen molar-refractivity contribution in [2.24, 2.45) is 11.3 Å². The molecule has 0 aliphatic heterocycles. The summed E-state index contributed by atoms with van der Waals surface area (Å²) in [4.78, 5) is 0. The fraction of sp³-hybridized carbons (Fsp3) is 1.00. The fourth-order valence-electron chi connectivity index (χ4n) is 3.49. The fourth-order valence-corrected chi connectivity index (χ4v) is 3.49. The van der Waals surface area contributed by atoms with E-state index in [1.165, 1.54) is 64.3 Å². The molecule has 2 aliphatic carbocycles. The molecule has 0 aromatic rings. The molecule has 2 unspecified atom stereocenters. The van der Waals surface area contributed by atoms with E-state index >= 15 is 0 Å². The smallest absolute Gasteiger partial charge is 0.00673 e. The van der Waals surface area contributed by atoms with E-state index in [2.05, 4.69) is 19.2 Å². The minimum atomic E-state index is 0.623. The molecule has 0 aromatic carbocycles. The Morgan fingerprint density at radius 2 is 1.75 bits per heavy atom. The second-order valence-corrected chi connectivity index (χ2v) is 6.71. The van der Waals surface area contributed by atoms with Gasteiger partial charge in [-0.2, -0.15) is 0 Å². The highest BCUT2D eigenvalue weighted by Gasteiger charge is 2.29. The minimum absolute atomic E-state index is 0.623. The van der Waals surface area contributed by atoms with Crippen LogP contribution >= 0.6 is 0 Å². The summed E-state index contributed by atoms with van der Waals surface area (Å²) in [6.07, 6.45) is 13.0. The van der Waals surface area contributed by atoms with Gasteiger partial charge in [-0.3, -0.25) is 0 Å². The summed E-state index contributed by atoms with van der Waals surface area (Å²) >= 11 is 0. The zero-order chi connectivity index (χ0) is 11.4. The highest BCUT2D eigenvalue weighted by molar-refractivity contribution is 4.84. The SMILES string of the molecule is CC1CCCC(NCC2(C)CCCC2)CC1. The molecular formula is C15H29N. The van der Waals surface area contributed by atoms with E-state index in [0.717, 1.165) is 12.0 Å². The summed E-state index contributed by atoms with van der Waals surface area (Å²) in [5.74, 6) is 0.967. The highest BCUT2D eigenvalue weighted by atomic mass is 14.9. The lowest BCUT2D eigenvalue weighted by Crippen LogP contribution is -2.37. The monoisotopic (exact) mass is 223 g/mol. The van der Waals surface area contributed by atoms with Crippen LogP contribution < -0.4 is 5.32 Å². The molecule has 1 heteroatoms. The lowest BCUT2D eigenvalue weighted by Gasteiger charge is -2.27. The van der Waals surface area contributed by atoms with Crippen LogP contribution in [0.2, 0.25) is 0 Å². The predicted molar refractivity (Wildman–Crippen MR) is 70.6 cm³/mol. The van der Waals surface area contributed by atoms with Crippen LogP contribution in [0.25, 0.3) is 0 Å². The number of rotatable bonds is 3. The molecule has 0 bridgehead atoms. The topological polar surface area (TPSA) is 12.0 Å². The quantitative estimate of drug-likeness (QED) is 0.710. The zero-order valence-corrected chi connectivity index (χ0v) is 11.2. The van der Waals surface area contributed by atoms with E-state index in [0.29, 0.717) is 5.41 Å². The van der Waals surface area contributed by atoms with Gasteiger partial charge in [0, 0.05) is 12.6 Å². The summed E-state index contributed by atoms with van der Waals surface area (Å²) in [7, 11) is 0. The van der Waals surface area contributed by atoms with Crippen LogP contribution in [-0.4, -0.2) is 12.6 Å². The molecular weight excluding hydrogens is 194 g/mol. The van der Waals surface area contributed by atoms with Gasteiger partial charge in [-0.15, -0.1) is 0 Å². The Hall–Kier alpha value is -0.0400. The van der Waals surface area contributed by atoms with E-state index < -0.39 is 0 Å².